The van der Waals surface area contributed by atoms with E-state index >= 15 is 0 Å². The Hall–Kier alpha value is -1.04. The minimum absolute atomic E-state index is 0.0520. The number of allylic oxidation sites excluding steroid dienone is 1. The fraction of sp³-hybridized carbons (Fsp3) is 0.833. The van der Waals surface area contributed by atoms with Gasteiger partial charge in [-0.3, -0.25) is 9.59 Å². The minimum Gasteiger partial charge on any atom is -0.393 e. The SMILES string of the molecule is CCCOCC(=O)[C@@]1(O)CC[C@H]2[C@@H]3CCC4=CC(=O)CC[C@]4(C)C3[C@@H](O)C[C@@]21C. The van der Waals surface area contributed by atoms with Crippen molar-refractivity contribution in [3.63, 3.8) is 0 Å². The molecule has 0 radical (unpaired) electrons. The molecule has 0 aliphatic heterocycles. The van der Waals surface area contributed by atoms with Crippen LogP contribution in [0, 0.1) is 28.6 Å². The molecule has 0 spiro atoms. The van der Waals surface area contributed by atoms with E-state index in [1.807, 2.05) is 19.9 Å². The van der Waals surface area contributed by atoms with Crippen molar-refractivity contribution in [1.29, 1.82) is 0 Å². The number of ketones is 2. The molecule has 7 atom stereocenters. The molecule has 0 saturated heterocycles. The molecule has 0 bridgehead atoms. The van der Waals surface area contributed by atoms with Crippen molar-refractivity contribution in [2.75, 3.05) is 13.2 Å². The molecule has 0 heterocycles. The molecule has 162 valence electrons. The number of hydrogen-bond donors (Lipinski definition) is 2. The van der Waals surface area contributed by atoms with Crippen molar-refractivity contribution in [3.8, 4) is 0 Å². The van der Waals surface area contributed by atoms with Gasteiger partial charge in [-0.25, -0.2) is 0 Å². The van der Waals surface area contributed by atoms with Crippen LogP contribution < -0.4 is 0 Å². The van der Waals surface area contributed by atoms with Crippen LogP contribution in [0.5, 0.6) is 0 Å². The number of carbonyl (C=O) groups excluding carboxylic acids is 2. The van der Waals surface area contributed by atoms with Gasteiger partial charge < -0.3 is 14.9 Å². The van der Waals surface area contributed by atoms with E-state index in [1.54, 1.807) is 0 Å². The first kappa shape index (κ1) is 21.2. The molecular weight excluding hydrogens is 368 g/mol. The highest BCUT2D eigenvalue weighted by atomic mass is 16.5. The Balaban J connectivity index is 1.63. The van der Waals surface area contributed by atoms with Crippen LogP contribution in [-0.2, 0) is 14.3 Å². The summed E-state index contributed by atoms with van der Waals surface area (Å²) in [6.45, 7) is 6.69. The van der Waals surface area contributed by atoms with Crippen LogP contribution in [0.1, 0.15) is 72.1 Å². The lowest BCUT2D eigenvalue weighted by Gasteiger charge is -2.60. The summed E-state index contributed by atoms with van der Waals surface area (Å²) in [5.74, 6) is 0.568. The van der Waals surface area contributed by atoms with Crippen LogP contribution in [0.15, 0.2) is 11.6 Å². The maximum Gasteiger partial charge on any atom is 0.190 e. The number of ether oxygens (including phenoxy) is 1. The monoisotopic (exact) mass is 404 g/mol. The van der Waals surface area contributed by atoms with E-state index in [0.717, 1.165) is 32.1 Å². The molecule has 29 heavy (non-hydrogen) atoms. The van der Waals surface area contributed by atoms with E-state index in [2.05, 4.69) is 6.92 Å². The number of aliphatic hydroxyl groups excluding tert-OH is 1. The fourth-order valence-electron chi connectivity index (χ4n) is 7.58. The predicted molar refractivity (Wildman–Crippen MR) is 109 cm³/mol. The second-order valence-corrected chi connectivity index (χ2v) is 10.5. The lowest BCUT2D eigenvalue weighted by Crippen LogP contribution is -2.62. The molecule has 3 fully saturated rings. The Labute approximate surface area is 173 Å². The zero-order chi connectivity index (χ0) is 21.0. The number of Topliss-reactive ketones (excluding diaryl/α,β-unsaturated/α-hetero) is 1. The molecule has 1 unspecified atom stereocenters. The summed E-state index contributed by atoms with van der Waals surface area (Å²) >= 11 is 0. The highest BCUT2D eigenvalue weighted by molar-refractivity contribution is 5.91. The third kappa shape index (κ3) is 2.99. The van der Waals surface area contributed by atoms with Crippen molar-refractivity contribution >= 4 is 11.6 Å². The normalized spacial score (nSPS) is 46.5. The Morgan fingerprint density at radius 2 is 2.00 bits per heavy atom. The molecule has 0 aromatic rings. The van der Waals surface area contributed by atoms with E-state index in [-0.39, 0.29) is 41.3 Å². The fourth-order valence-corrected chi connectivity index (χ4v) is 7.58. The quantitative estimate of drug-likeness (QED) is 0.688. The Bertz CT molecular complexity index is 729. The van der Waals surface area contributed by atoms with Gasteiger partial charge in [0.05, 0.1) is 6.10 Å². The lowest BCUT2D eigenvalue weighted by molar-refractivity contribution is -0.183. The van der Waals surface area contributed by atoms with Gasteiger partial charge in [0.15, 0.2) is 11.6 Å². The van der Waals surface area contributed by atoms with Crippen LogP contribution in [0.2, 0.25) is 0 Å². The van der Waals surface area contributed by atoms with Crippen LogP contribution in [0.25, 0.3) is 0 Å². The molecule has 4 rings (SSSR count). The topological polar surface area (TPSA) is 83.8 Å². The Kier molecular flexibility index (Phi) is 5.32. The molecular formula is C24H36O5. The standard InChI is InChI=1S/C24H36O5/c1-4-11-29-14-20(27)24(28)10-8-18-17-6-5-15-12-16(25)7-9-22(15,2)21(17)19(26)13-23(18,24)3/h12,17-19,21,26,28H,4-11,13-14H2,1-3H3/t17-,18-,19-,21?,22-,23-,24-/m0/s1. The molecule has 3 saturated carbocycles. The first-order valence-corrected chi connectivity index (χ1v) is 11.4. The van der Waals surface area contributed by atoms with E-state index in [9.17, 15) is 19.8 Å². The van der Waals surface area contributed by atoms with E-state index in [1.165, 1.54) is 5.57 Å². The van der Waals surface area contributed by atoms with E-state index in [4.69, 9.17) is 4.74 Å². The number of aliphatic hydroxyl groups is 2. The maximum absolute atomic E-state index is 13.0. The van der Waals surface area contributed by atoms with Crippen molar-refractivity contribution in [2.24, 2.45) is 28.6 Å². The first-order chi connectivity index (χ1) is 13.7. The maximum atomic E-state index is 13.0. The summed E-state index contributed by atoms with van der Waals surface area (Å²) in [5, 5.41) is 22.9. The third-order valence-electron chi connectivity index (χ3n) is 9.09. The summed E-state index contributed by atoms with van der Waals surface area (Å²) in [6, 6.07) is 0. The molecule has 5 nitrogen and oxygen atoms in total. The van der Waals surface area contributed by atoms with E-state index in [0.29, 0.717) is 25.9 Å². The lowest BCUT2D eigenvalue weighted by atomic mass is 9.45. The van der Waals surface area contributed by atoms with Crippen LogP contribution in [-0.4, -0.2) is 46.7 Å². The molecule has 0 aromatic heterocycles. The van der Waals surface area contributed by atoms with Crippen molar-refractivity contribution < 1.29 is 24.5 Å². The van der Waals surface area contributed by atoms with Gasteiger partial charge in [-0.1, -0.05) is 26.3 Å². The van der Waals surface area contributed by atoms with Gasteiger partial charge in [0.2, 0.25) is 0 Å². The summed E-state index contributed by atoms with van der Waals surface area (Å²) in [4.78, 5) is 25.0. The molecule has 0 aromatic carbocycles. The summed E-state index contributed by atoms with van der Waals surface area (Å²) in [6.07, 6.45) is 6.96. The Morgan fingerprint density at radius 1 is 1.24 bits per heavy atom. The van der Waals surface area contributed by atoms with Crippen molar-refractivity contribution in [2.45, 2.75) is 83.8 Å². The molecule has 0 amide bonds. The second-order valence-electron chi connectivity index (χ2n) is 10.5. The van der Waals surface area contributed by atoms with Crippen molar-refractivity contribution in [1.82, 2.24) is 0 Å². The number of rotatable bonds is 5. The highest BCUT2D eigenvalue weighted by Gasteiger charge is 2.68. The zero-order valence-electron chi connectivity index (χ0n) is 18.1. The summed E-state index contributed by atoms with van der Waals surface area (Å²) < 4.78 is 5.47. The number of fused-ring (bicyclic) bond motifs is 5. The van der Waals surface area contributed by atoms with Gasteiger partial charge in [-0.2, -0.15) is 0 Å². The number of carbonyl (C=O) groups is 2. The van der Waals surface area contributed by atoms with Gasteiger partial charge in [-0.05, 0) is 74.2 Å². The summed E-state index contributed by atoms with van der Waals surface area (Å²) in [5.41, 5.74) is -0.985. The second kappa shape index (κ2) is 7.28. The highest BCUT2D eigenvalue weighted by Crippen LogP contribution is 2.67. The van der Waals surface area contributed by atoms with Crippen LogP contribution >= 0.6 is 0 Å². The number of hydrogen-bond acceptors (Lipinski definition) is 5. The first-order valence-electron chi connectivity index (χ1n) is 11.4. The zero-order valence-corrected chi connectivity index (χ0v) is 18.1. The van der Waals surface area contributed by atoms with E-state index < -0.39 is 17.1 Å². The molecule has 4 aliphatic rings. The van der Waals surface area contributed by atoms with Crippen LogP contribution in [0.3, 0.4) is 0 Å². The van der Waals surface area contributed by atoms with Gasteiger partial charge in [-0.15, -0.1) is 0 Å². The summed E-state index contributed by atoms with van der Waals surface area (Å²) in [7, 11) is 0. The molecule has 2 N–H and O–H groups in total. The van der Waals surface area contributed by atoms with Crippen LogP contribution in [0.4, 0.5) is 0 Å². The average Bonchev–Trinajstić information content (AvgIpc) is 2.94. The molecule has 5 heteroatoms. The van der Waals surface area contributed by atoms with Gasteiger partial charge >= 0.3 is 0 Å². The smallest absolute Gasteiger partial charge is 0.190 e. The predicted octanol–water partition coefficient (Wildman–Crippen LogP) is 3.22. The largest absolute Gasteiger partial charge is 0.393 e. The minimum atomic E-state index is -1.42. The molecule has 4 aliphatic carbocycles. The van der Waals surface area contributed by atoms with Gasteiger partial charge in [0.25, 0.3) is 0 Å². The third-order valence-corrected chi connectivity index (χ3v) is 9.09. The van der Waals surface area contributed by atoms with Gasteiger partial charge in [0.1, 0.15) is 12.2 Å². The average molecular weight is 405 g/mol. The van der Waals surface area contributed by atoms with Gasteiger partial charge in [0, 0.05) is 18.4 Å². The Morgan fingerprint density at radius 3 is 2.72 bits per heavy atom. The van der Waals surface area contributed by atoms with Crippen molar-refractivity contribution in [3.05, 3.63) is 11.6 Å².